The smallest absolute Gasteiger partial charge is 0.127 e. The Kier molecular flexibility index (Phi) is 4.84. The molecule has 0 atom stereocenters. The molecule has 13 heavy (non-hydrogen) atoms. The highest BCUT2D eigenvalue weighted by molar-refractivity contribution is 5.43. The highest BCUT2D eigenvalue weighted by Crippen LogP contribution is 2.16. The second-order valence-corrected chi connectivity index (χ2v) is 3.01. The van der Waals surface area contributed by atoms with E-state index in [4.69, 9.17) is 6.42 Å². The van der Waals surface area contributed by atoms with Crippen LogP contribution in [0.5, 0.6) is 0 Å². The van der Waals surface area contributed by atoms with Gasteiger partial charge in [0.05, 0.1) is 0 Å². The zero-order valence-corrected chi connectivity index (χ0v) is 8.45. The van der Waals surface area contributed by atoms with Gasteiger partial charge in [-0.1, -0.05) is 25.0 Å². The summed E-state index contributed by atoms with van der Waals surface area (Å²) < 4.78 is 13.2. The fourth-order valence-electron chi connectivity index (χ4n) is 0.728. The third-order valence-electron chi connectivity index (χ3n) is 1.73. The maximum atomic E-state index is 13.2. The average molecular weight is 178 g/mol. The molecule has 0 unspecified atom stereocenters. The summed E-state index contributed by atoms with van der Waals surface area (Å²) in [6.07, 6.45) is 7.18. The van der Waals surface area contributed by atoms with Gasteiger partial charge in [0.25, 0.3) is 0 Å². The molecule has 0 aliphatic carbocycles. The molecule has 0 spiro atoms. The van der Waals surface area contributed by atoms with Crippen molar-refractivity contribution >= 4 is 0 Å². The van der Waals surface area contributed by atoms with E-state index in [1.807, 2.05) is 20.8 Å². The van der Waals surface area contributed by atoms with Gasteiger partial charge in [0, 0.05) is 5.57 Å². The first-order valence-electron chi connectivity index (χ1n) is 4.22. The molecule has 1 heteroatoms. The number of hydrogen-bond acceptors (Lipinski definition) is 0. The summed E-state index contributed by atoms with van der Waals surface area (Å²) in [5.74, 6) is 2.11. The molecule has 0 aliphatic heterocycles. The third-order valence-corrected chi connectivity index (χ3v) is 1.73. The number of allylic oxidation sites excluding steroid dienone is 5. The van der Waals surface area contributed by atoms with Gasteiger partial charge in [0.15, 0.2) is 0 Å². The minimum atomic E-state index is -0.323. The van der Waals surface area contributed by atoms with Crippen LogP contribution in [0.1, 0.15) is 27.2 Å². The molecule has 0 heterocycles. The highest BCUT2D eigenvalue weighted by Gasteiger charge is 2.00. The topological polar surface area (TPSA) is 0 Å². The van der Waals surface area contributed by atoms with Crippen molar-refractivity contribution in [3.63, 3.8) is 0 Å². The van der Waals surface area contributed by atoms with Gasteiger partial charge in [0.2, 0.25) is 0 Å². The van der Waals surface area contributed by atoms with E-state index in [-0.39, 0.29) is 5.83 Å². The quantitative estimate of drug-likeness (QED) is 0.456. The normalized spacial score (nSPS) is 10.5. The minimum Gasteiger partial charge on any atom is -0.207 e. The molecule has 0 aromatic rings. The number of halogens is 1. The van der Waals surface area contributed by atoms with Crippen LogP contribution in [-0.4, -0.2) is 0 Å². The first-order valence-corrected chi connectivity index (χ1v) is 4.22. The van der Waals surface area contributed by atoms with Gasteiger partial charge in [-0.2, -0.15) is 0 Å². The Bertz CT molecular complexity index is 294. The summed E-state index contributed by atoms with van der Waals surface area (Å²) in [5, 5.41) is 0. The maximum absolute atomic E-state index is 13.2. The zero-order chi connectivity index (χ0) is 10.4. The molecule has 0 fully saturated rings. The molecular weight excluding hydrogens is 163 g/mol. The Morgan fingerprint density at radius 3 is 2.38 bits per heavy atom. The van der Waals surface area contributed by atoms with Crippen LogP contribution in [0, 0.1) is 12.3 Å². The van der Waals surface area contributed by atoms with Crippen LogP contribution in [-0.2, 0) is 0 Å². The average Bonchev–Trinajstić information content (AvgIpc) is 2.11. The molecule has 0 aliphatic rings. The predicted octanol–water partition coefficient (Wildman–Crippen LogP) is 3.78. The molecule has 0 aromatic carbocycles. The summed E-state index contributed by atoms with van der Waals surface area (Å²) >= 11 is 0. The summed E-state index contributed by atoms with van der Waals surface area (Å²) in [7, 11) is 0. The SMILES string of the molecule is C#CC(/C=C(/F)C(=C)CC)=C(C)C. The monoisotopic (exact) mass is 178 g/mol. The first kappa shape index (κ1) is 11.7. The van der Waals surface area contributed by atoms with E-state index in [0.717, 1.165) is 5.57 Å². The van der Waals surface area contributed by atoms with Crippen molar-refractivity contribution in [1.29, 1.82) is 0 Å². The highest BCUT2D eigenvalue weighted by atomic mass is 19.1. The first-order chi connectivity index (χ1) is 6.02. The van der Waals surface area contributed by atoms with E-state index in [1.54, 1.807) is 0 Å². The van der Waals surface area contributed by atoms with Gasteiger partial charge in [-0.3, -0.25) is 0 Å². The number of rotatable bonds is 3. The van der Waals surface area contributed by atoms with Crippen LogP contribution in [0.15, 0.2) is 35.2 Å². The minimum absolute atomic E-state index is 0.323. The van der Waals surface area contributed by atoms with Crippen molar-refractivity contribution in [2.75, 3.05) is 0 Å². The van der Waals surface area contributed by atoms with Gasteiger partial charge < -0.3 is 0 Å². The van der Waals surface area contributed by atoms with Crippen molar-refractivity contribution in [3.8, 4) is 12.3 Å². The van der Waals surface area contributed by atoms with Crippen LogP contribution >= 0.6 is 0 Å². The summed E-state index contributed by atoms with van der Waals surface area (Å²) in [6, 6.07) is 0. The summed E-state index contributed by atoms with van der Waals surface area (Å²) in [6.45, 7) is 9.15. The van der Waals surface area contributed by atoms with Crippen molar-refractivity contribution in [2.45, 2.75) is 27.2 Å². The van der Waals surface area contributed by atoms with E-state index in [9.17, 15) is 4.39 Å². The van der Waals surface area contributed by atoms with Crippen LogP contribution in [0.25, 0.3) is 0 Å². The van der Waals surface area contributed by atoms with Crippen molar-refractivity contribution in [2.24, 2.45) is 0 Å². The Labute approximate surface area is 79.8 Å². The molecule has 0 saturated carbocycles. The fourth-order valence-corrected chi connectivity index (χ4v) is 0.728. The van der Waals surface area contributed by atoms with E-state index < -0.39 is 0 Å². The van der Waals surface area contributed by atoms with Crippen LogP contribution in [0.3, 0.4) is 0 Å². The Morgan fingerprint density at radius 2 is 2.08 bits per heavy atom. The lowest BCUT2D eigenvalue weighted by Crippen LogP contribution is -1.83. The Balaban J connectivity index is 4.86. The van der Waals surface area contributed by atoms with Crippen LogP contribution in [0.2, 0.25) is 0 Å². The van der Waals surface area contributed by atoms with Gasteiger partial charge in [0.1, 0.15) is 5.83 Å². The molecule has 0 saturated heterocycles. The number of terminal acetylenes is 1. The van der Waals surface area contributed by atoms with Gasteiger partial charge >= 0.3 is 0 Å². The van der Waals surface area contributed by atoms with Crippen LogP contribution in [0.4, 0.5) is 4.39 Å². The summed E-state index contributed by atoms with van der Waals surface area (Å²) in [4.78, 5) is 0. The van der Waals surface area contributed by atoms with Gasteiger partial charge in [-0.25, -0.2) is 4.39 Å². The zero-order valence-electron chi connectivity index (χ0n) is 8.45. The molecular formula is C12H15F. The van der Waals surface area contributed by atoms with E-state index in [2.05, 4.69) is 12.5 Å². The Hall–Kier alpha value is -1.29. The Morgan fingerprint density at radius 1 is 1.54 bits per heavy atom. The summed E-state index contributed by atoms with van der Waals surface area (Å²) in [5.41, 5.74) is 2.00. The third kappa shape index (κ3) is 3.75. The predicted molar refractivity (Wildman–Crippen MR) is 55.8 cm³/mol. The molecule has 0 N–H and O–H groups in total. The second-order valence-electron chi connectivity index (χ2n) is 3.01. The standard InChI is InChI=1S/C12H15F/c1-6-10(5)12(13)8-11(7-2)9(3)4/h2,8H,5-6H2,1,3-4H3/b12-8+. The van der Waals surface area contributed by atoms with Crippen LogP contribution < -0.4 is 0 Å². The van der Waals surface area contributed by atoms with E-state index in [1.165, 1.54) is 6.08 Å². The largest absolute Gasteiger partial charge is 0.207 e. The molecule has 0 rings (SSSR count). The van der Waals surface area contributed by atoms with Crippen molar-refractivity contribution < 1.29 is 4.39 Å². The molecule has 70 valence electrons. The fraction of sp³-hybridized carbons (Fsp3) is 0.333. The van der Waals surface area contributed by atoms with Crippen molar-refractivity contribution in [3.05, 3.63) is 35.2 Å². The lowest BCUT2D eigenvalue weighted by molar-refractivity contribution is 0.643. The lowest BCUT2D eigenvalue weighted by Gasteiger charge is -1.99. The maximum Gasteiger partial charge on any atom is 0.127 e. The molecule has 0 radical (unpaired) electrons. The number of hydrogen-bond donors (Lipinski definition) is 0. The van der Waals surface area contributed by atoms with E-state index >= 15 is 0 Å². The van der Waals surface area contributed by atoms with E-state index in [0.29, 0.717) is 17.6 Å². The molecule has 0 bridgehead atoms. The van der Waals surface area contributed by atoms with Crippen molar-refractivity contribution in [1.82, 2.24) is 0 Å². The molecule has 0 amide bonds. The van der Waals surface area contributed by atoms with Gasteiger partial charge in [-0.05, 0) is 31.9 Å². The van der Waals surface area contributed by atoms with Gasteiger partial charge in [-0.15, -0.1) is 6.42 Å². The molecule has 0 nitrogen and oxygen atoms in total. The molecule has 0 aromatic heterocycles. The second kappa shape index (κ2) is 5.37. The lowest BCUT2D eigenvalue weighted by atomic mass is 10.1.